The van der Waals surface area contributed by atoms with E-state index in [1.54, 1.807) is 0 Å². The van der Waals surface area contributed by atoms with Crippen molar-refractivity contribution in [1.82, 2.24) is 0 Å². The molecule has 5 nitrogen and oxygen atoms in total. The largest absolute Gasteiger partial charge is 0.531 e. The highest BCUT2D eigenvalue weighted by Crippen LogP contribution is 2.46. The van der Waals surface area contributed by atoms with Crippen molar-refractivity contribution < 1.29 is 47.7 Å². The van der Waals surface area contributed by atoms with Crippen LogP contribution in [0.1, 0.15) is 59.8 Å². The smallest absolute Gasteiger partial charge is 0.324 e. The van der Waals surface area contributed by atoms with Crippen LogP contribution in [0.4, 0.5) is 26.3 Å². The first-order chi connectivity index (χ1) is 12.9. The molecule has 0 heterocycles. The van der Waals surface area contributed by atoms with Gasteiger partial charge in [-0.1, -0.05) is 26.2 Å². The van der Waals surface area contributed by atoms with Gasteiger partial charge in [0.25, 0.3) is 0 Å². The molecule has 178 valence electrons. The van der Waals surface area contributed by atoms with Crippen LogP contribution in [0.2, 0.25) is 0 Å². The molecule has 0 fully saturated rings. The van der Waals surface area contributed by atoms with Crippen LogP contribution in [0.5, 0.6) is 0 Å². The fourth-order valence-electron chi connectivity index (χ4n) is 2.47. The van der Waals surface area contributed by atoms with E-state index >= 15 is 0 Å². The lowest BCUT2D eigenvalue weighted by Gasteiger charge is -2.35. The van der Waals surface area contributed by atoms with E-state index in [0.29, 0.717) is 0 Å². The molecule has 0 saturated carbocycles. The maximum absolute atomic E-state index is 11.6. The van der Waals surface area contributed by atoms with Crippen LogP contribution < -0.4 is 0 Å². The van der Waals surface area contributed by atoms with Gasteiger partial charge in [0.1, 0.15) is 0 Å². The number of alkyl halides is 6. The van der Waals surface area contributed by atoms with Crippen LogP contribution in [0.25, 0.3) is 0 Å². The lowest BCUT2D eigenvalue weighted by molar-refractivity contribution is -0.923. The summed E-state index contributed by atoms with van der Waals surface area (Å²) >= 11 is 0. The number of unbranched alkanes of at least 4 members (excludes halogenated alkanes) is 4. The third-order valence-corrected chi connectivity index (χ3v) is 14.1. The van der Waals surface area contributed by atoms with Gasteiger partial charge in [-0.2, -0.15) is 43.2 Å². The summed E-state index contributed by atoms with van der Waals surface area (Å²) in [7, 11) is -12.5. The van der Waals surface area contributed by atoms with Crippen LogP contribution in [-0.2, 0) is 18.9 Å². The molecular formula is C15H32F6NO4PS2+2. The second kappa shape index (κ2) is 12.7. The highest BCUT2D eigenvalue weighted by molar-refractivity contribution is 8.76. The van der Waals surface area contributed by atoms with Crippen LogP contribution in [0, 0.1) is 0 Å². The minimum Gasteiger partial charge on any atom is -0.324 e. The Balaban J connectivity index is 0. The zero-order valence-corrected chi connectivity index (χ0v) is 19.9. The maximum Gasteiger partial charge on any atom is 0.531 e. The molecular weight excluding hydrogens is 467 g/mol. The average molecular weight is 500 g/mol. The van der Waals surface area contributed by atoms with Crippen molar-refractivity contribution in [2.75, 3.05) is 26.2 Å². The van der Waals surface area contributed by atoms with Gasteiger partial charge in [0.2, 0.25) is 6.98 Å². The average Bonchev–Trinajstić information content (AvgIpc) is 2.56. The molecule has 0 amide bonds. The van der Waals surface area contributed by atoms with E-state index in [2.05, 4.69) is 27.7 Å². The molecule has 0 aliphatic rings. The lowest BCUT2D eigenvalue weighted by Crippen LogP contribution is -2.48. The highest BCUT2D eigenvalue weighted by atomic mass is 33.1. The van der Waals surface area contributed by atoms with Gasteiger partial charge >= 0.3 is 29.9 Å². The predicted octanol–water partition coefficient (Wildman–Crippen LogP) is 4.93. The number of nitrogens with zero attached hydrogens (tertiary/aromatic N) is 1. The van der Waals surface area contributed by atoms with Gasteiger partial charge in [-0.05, 0) is 33.6 Å². The summed E-state index contributed by atoms with van der Waals surface area (Å²) in [6, 6.07) is 0. The molecule has 0 unspecified atom stereocenters. The molecule has 0 saturated heterocycles. The summed E-state index contributed by atoms with van der Waals surface area (Å²) in [5.41, 5.74) is -12.0. The quantitative estimate of drug-likeness (QED) is 0.175. The van der Waals surface area contributed by atoms with Crippen LogP contribution in [-0.4, -0.2) is 58.5 Å². The van der Waals surface area contributed by atoms with E-state index in [1.165, 1.54) is 62.8 Å². The molecule has 0 aromatic heterocycles. The molecule has 0 spiro atoms. The zero-order chi connectivity index (χ0) is 23.6. The summed E-state index contributed by atoms with van der Waals surface area (Å²) in [4.78, 5) is 0. The maximum atomic E-state index is 11.6. The Kier molecular flexibility index (Phi) is 13.6. The third-order valence-electron chi connectivity index (χ3n) is 4.65. The van der Waals surface area contributed by atoms with E-state index in [-0.39, 0.29) is 0 Å². The Morgan fingerprint density at radius 1 is 0.655 bits per heavy atom. The Bertz CT molecular complexity index is 609. The van der Waals surface area contributed by atoms with E-state index in [1.807, 2.05) is 0 Å². The summed E-state index contributed by atoms with van der Waals surface area (Å²) in [6.45, 7) is 10.7. The van der Waals surface area contributed by atoms with Crippen LogP contribution >= 0.6 is 6.98 Å². The highest BCUT2D eigenvalue weighted by Gasteiger charge is 2.61. The topological polar surface area (TPSA) is 68.3 Å². The second-order valence-corrected chi connectivity index (χ2v) is 15.8. The van der Waals surface area contributed by atoms with Crippen molar-refractivity contribution in [3.8, 4) is 0 Å². The number of rotatable bonds is 11. The van der Waals surface area contributed by atoms with E-state index in [9.17, 15) is 43.2 Å². The normalized spacial score (nSPS) is 13.7. The van der Waals surface area contributed by atoms with Crippen molar-refractivity contribution in [3.05, 3.63) is 0 Å². The van der Waals surface area contributed by atoms with Crippen molar-refractivity contribution in [1.29, 1.82) is 0 Å². The van der Waals surface area contributed by atoms with Gasteiger partial charge in [0.05, 0.1) is 26.2 Å². The van der Waals surface area contributed by atoms with Crippen molar-refractivity contribution >= 4 is 25.9 Å². The Hall–Kier alpha value is -0.130. The summed E-state index contributed by atoms with van der Waals surface area (Å²) in [5.74, 6) is 0. The van der Waals surface area contributed by atoms with Crippen molar-refractivity contribution in [2.24, 2.45) is 0 Å². The number of hydrogen-bond donors (Lipinski definition) is 0. The first-order valence-corrected chi connectivity index (χ1v) is 15.2. The summed E-state index contributed by atoms with van der Waals surface area (Å²) in [6.07, 6.45) is 7.08. The second-order valence-electron chi connectivity index (χ2n) is 6.51. The Morgan fingerprint density at radius 3 is 1.28 bits per heavy atom. The van der Waals surface area contributed by atoms with E-state index < -0.39 is 36.9 Å². The molecule has 0 aromatic carbocycles. The minimum atomic E-state index is -6.26. The zero-order valence-electron chi connectivity index (χ0n) is 17.1. The SMILES string of the molecule is CCCCCCC[N+](CC)(CC)CC.O=S(=O)([PH2+]S(=O)(=O)C(F)(F)F)C(F)(F)F. The van der Waals surface area contributed by atoms with E-state index in [0.717, 1.165) is 0 Å². The summed E-state index contributed by atoms with van der Waals surface area (Å²) < 4.78 is 111. The molecule has 0 aliphatic carbocycles. The molecule has 0 aliphatic heterocycles. The molecule has 0 N–H and O–H groups in total. The number of halogens is 6. The molecule has 29 heavy (non-hydrogen) atoms. The van der Waals surface area contributed by atoms with Crippen molar-refractivity contribution in [2.45, 2.75) is 70.8 Å². The fraction of sp³-hybridized carbons (Fsp3) is 1.00. The predicted molar refractivity (Wildman–Crippen MR) is 105 cm³/mol. The van der Waals surface area contributed by atoms with E-state index in [4.69, 9.17) is 0 Å². The fourth-order valence-corrected chi connectivity index (χ4v) is 9.64. The van der Waals surface area contributed by atoms with Gasteiger partial charge in [-0.25, -0.2) is 0 Å². The molecule has 0 radical (unpaired) electrons. The van der Waals surface area contributed by atoms with Crippen molar-refractivity contribution in [3.63, 3.8) is 0 Å². The molecule has 14 heteroatoms. The van der Waals surface area contributed by atoms with Gasteiger partial charge < -0.3 is 4.48 Å². The molecule has 0 bridgehead atoms. The standard InChI is InChI=1S/C13H30N.C2HF6O4PS2/c1-5-9-10-11-12-13-14(6-2,7-3)8-4;3-1(4,5)14(9,10)13-15(11,12)2(6,7)8/h5-13H2,1-4H3;13H/q+1;/p+1. The molecule has 0 rings (SSSR count). The number of hydrogen-bond acceptors (Lipinski definition) is 4. The third kappa shape index (κ3) is 11.2. The van der Waals surface area contributed by atoms with Crippen LogP contribution in [0.3, 0.4) is 0 Å². The molecule has 0 atom stereocenters. The Morgan fingerprint density at radius 2 is 1.00 bits per heavy atom. The van der Waals surface area contributed by atoms with Crippen LogP contribution in [0.15, 0.2) is 0 Å². The van der Waals surface area contributed by atoms with Gasteiger partial charge in [-0.3, -0.25) is 0 Å². The molecule has 0 aromatic rings. The Labute approximate surface area is 170 Å². The summed E-state index contributed by atoms with van der Waals surface area (Å²) in [5, 5.41) is 0. The monoisotopic (exact) mass is 499 g/mol. The van der Waals surface area contributed by atoms with Gasteiger partial charge in [-0.15, -0.1) is 0 Å². The van der Waals surface area contributed by atoms with Gasteiger partial charge in [0, 0.05) is 0 Å². The number of quaternary nitrogens is 1. The first-order valence-electron chi connectivity index (χ1n) is 9.27. The first kappa shape index (κ1) is 31.1. The van der Waals surface area contributed by atoms with Gasteiger partial charge in [0.15, 0.2) is 0 Å². The lowest BCUT2D eigenvalue weighted by atomic mass is 10.1. The minimum absolute atomic E-state index is 1.31.